The lowest BCUT2D eigenvalue weighted by Gasteiger charge is -2.21. The van der Waals surface area contributed by atoms with Crippen LogP contribution in [0.3, 0.4) is 0 Å². The summed E-state index contributed by atoms with van der Waals surface area (Å²) in [5.41, 5.74) is 2.28. The van der Waals surface area contributed by atoms with Gasteiger partial charge in [-0.05, 0) is 56.5 Å². The van der Waals surface area contributed by atoms with E-state index in [0.717, 1.165) is 36.8 Å². The fraction of sp³-hybridized carbons (Fsp3) is 0.417. The fourth-order valence-corrected chi connectivity index (χ4v) is 5.45. The number of rotatable bonds is 7. The Morgan fingerprint density at radius 2 is 1.66 bits per heavy atom. The fourth-order valence-electron chi connectivity index (χ4n) is 3.75. The molecule has 0 radical (unpaired) electrons. The van der Waals surface area contributed by atoms with Crippen molar-refractivity contribution in [3.63, 3.8) is 0 Å². The Bertz CT molecular complexity index is 1100. The van der Waals surface area contributed by atoms with Crippen molar-refractivity contribution in [3.8, 4) is 5.75 Å². The SMILES string of the molecule is COc1ccc(C(=O)OCC(=O)c2cc(C)ccc2C)cc1S(=O)(=O)N1CCCCCC1. The predicted molar refractivity (Wildman–Crippen MR) is 121 cm³/mol. The summed E-state index contributed by atoms with van der Waals surface area (Å²) in [7, 11) is -2.45. The number of Topliss-reactive ketones (excluding diaryl/α,β-unsaturated/α-hetero) is 1. The largest absolute Gasteiger partial charge is 0.495 e. The number of hydrogen-bond donors (Lipinski definition) is 0. The Kier molecular flexibility index (Phi) is 7.69. The number of ether oxygens (including phenoxy) is 2. The third kappa shape index (κ3) is 5.37. The average Bonchev–Trinajstić information content (AvgIpc) is 3.08. The maximum absolute atomic E-state index is 13.3. The van der Waals surface area contributed by atoms with Gasteiger partial charge in [0.15, 0.2) is 6.61 Å². The van der Waals surface area contributed by atoms with E-state index in [9.17, 15) is 18.0 Å². The van der Waals surface area contributed by atoms with Gasteiger partial charge >= 0.3 is 5.97 Å². The topological polar surface area (TPSA) is 90.0 Å². The highest BCUT2D eigenvalue weighted by Gasteiger charge is 2.29. The summed E-state index contributed by atoms with van der Waals surface area (Å²) in [6.07, 6.45) is 3.57. The van der Waals surface area contributed by atoms with Crippen LogP contribution in [0.25, 0.3) is 0 Å². The highest BCUT2D eigenvalue weighted by molar-refractivity contribution is 7.89. The molecule has 0 amide bonds. The van der Waals surface area contributed by atoms with Crippen LogP contribution in [0.2, 0.25) is 0 Å². The van der Waals surface area contributed by atoms with E-state index < -0.39 is 22.6 Å². The van der Waals surface area contributed by atoms with E-state index in [1.807, 2.05) is 26.0 Å². The molecule has 7 nitrogen and oxygen atoms in total. The minimum Gasteiger partial charge on any atom is -0.495 e. The van der Waals surface area contributed by atoms with Gasteiger partial charge in [-0.25, -0.2) is 13.2 Å². The Labute approximate surface area is 189 Å². The highest BCUT2D eigenvalue weighted by Crippen LogP contribution is 2.29. The maximum atomic E-state index is 13.3. The van der Waals surface area contributed by atoms with Crippen molar-refractivity contribution >= 4 is 21.8 Å². The summed E-state index contributed by atoms with van der Waals surface area (Å²) in [5.74, 6) is -0.915. The summed E-state index contributed by atoms with van der Waals surface area (Å²) in [6.45, 7) is 4.14. The van der Waals surface area contributed by atoms with E-state index in [1.165, 1.54) is 29.6 Å². The molecule has 1 aliphatic rings. The first-order chi connectivity index (χ1) is 15.2. The van der Waals surface area contributed by atoms with E-state index in [0.29, 0.717) is 18.7 Å². The summed E-state index contributed by atoms with van der Waals surface area (Å²) in [4.78, 5) is 25.1. The standard InChI is InChI=1S/C24H29NO6S/c1-17-8-9-18(2)20(14-17)21(26)16-31-24(27)19-10-11-22(30-3)23(15-19)32(28,29)25-12-6-4-5-7-13-25/h8-11,14-15H,4-7,12-13,16H2,1-3H3. The molecule has 32 heavy (non-hydrogen) atoms. The van der Waals surface area contributed by atoms with Crippen molar-refractivity contribution in [1.82, 2.24) is 4.31 Å². The van der Waals surface area contributed by atoms with E-state index in [-0.39, 0.29) is 22.0 Å². The number of methoxy groups -OCH3 is 1. The molecule has 0 spiro atoms. The van der Waals surface area contributed by atoms with Crippen molar-refractivity contribution in [2.24, 2.45) is 0 Å². The van der Waals surface area contributed by atoms with E-state index in [1.54, 1.807) is 6.07 Å². The number of hydrogen-bond acceptors (Lipinski definition) is 6. The molecule has 0 N–H and O–H groups in total. The van der Waals surface area contributed by atoms with Crippen LogP contribution in [0, 0.1) is 13.8 Å². The Morgan fingerprint density at radius 1 is 0.969 bits per heavy atom. The number of nitrogens with zero attached hydrogens (tertiary/aromatic N) is 1. The Morgan fingerprint density at radius 3 is 2.31 bits per heavy atom. The normalized spacial score (nSPS) is 15.1. The number of aryl methyl sites for hydroxylation is 2. The lowest BCUT2D eigenvalue weighted by atomic mass is 10.0. The second kappa shape index (κ2) is 10.3. The summed E-state index contributed by atoms with van der Waals surface area (Å²) >= 11 is 0. The molecule has 8 heteroatoms. The zero-order valence-electron chi connectivity index (χ0n) is 18.7. The lowest BCUT2D eigenvalue weighted by Crippen LogP contribution is -2.32. The number of carbonyl (C=O) groups excluding carboxylic acids is 2. The number of esters is 1. The van der Waals surface area contributed by atoms with Crippen molar-refractivity contribution in [2.75, 3.05) is 26.8 Å². The molecular weight excluding hydrogens is 430 g/mol. The molecule has 0 bridgehead atoms. The minimum atomic E-state index is -3.84. The first-order valence-electron chi connectivity index (χ1n) is 10.7. The molecule has 1 aliphatic heterocycles. The average molecular weight is 460 g/mol. The van der Waals surface area contributed by atoms with Crippen molar-refractivity contribution in [2.45, 2.75) is 44.4 Å². The number of ketones is 1. The first kappa shape index (κ1) is 23.9. The second-order valence-electron chi connectivity index (χ2n) is 8.00. The first-order valence-corrected chi connectivity index (χ1v) is 12.1. The van der Waals surface area contributed by atoms with Gasteiger partial charge in [0.25, 0.3) is 0 Å². The minimum absolute atomic E-state index is 0.0490. The van der Waals surface area contributed by atoms with Crippen LogP contribution in [-0.2, 0) is 14.8 Å². The molecule has 0 saturated carbocycles. The molecule has 0 aromatic heterocycles. The molecule has 3 rings (SSSR count). The van der Waals surface area contributed by atoms with Crippen molar-refractivity contribution in [3.05, 3.63) is 58.7 Å². The molecule has 2 aromatic carbocycles. The van der Waals surface area contributed by atoms with Crippen LogP contribution in [-0.4, -0.2) is 51.3 Å². The molecule has 0 atom stereocenters. The van der Waals surface area contributed by atoms with Crippen LogP contribution in [0.4, 0.5) is 0 Å². The van der Waals surface area contributed by atoms with Crippen LogP contribution in [0.15, 0.2) is 41.3 Å². The third-order valence-corrected chi connectivity index (χ3v) is 7.53. The van der Waals surface area contributed by atoms with E-state index in [4.69, 9.17) is 9.47 Å². The van der Waals surface area contributed by atoms with Crippen LogP contribution < -0.4 is 4.74 Å². The van der Waals surface area contributed by atoms with Gasteiger partial charge in [0, 0.05) is 18.7 Å². The molecule has 1 fully saturated rings. The monoisotopic (exact) mass is 459 g/mol. The second-order valence-corrected chi connectivity index (χ2v) is 9.91. The number of sulfonamides is 1. The van der Waals surface area contributed by atoms with Gasteiger partial charge in [-0.1, -0.05) is 30.5 Å². The van der Waals surface area contributed by atoms with Crippen LogP contribution >= 0.6 is 0 Å². The van der Waals surface area contributed by atoms with Crippen molar-refractivity contribution in [1.29, 1.82) is 0 Å². The van der Waals surface area contributed by atoms with Crippen molar-refractivity contribution < 1.29 is 27.5 Å². The smallest absolute Gasteiger partial charge is 0.338 e. The van der Waals surface area contributed by atoms with Gasteiger partial charge in [0.1, 0.15) is 10.6 Å². The summed E-state index contributed by atoms with van der Waals surface area (Å²) < 4.78 is 38.4. The summed E-state index contributed by atoms with van der Waals surface area (Å²) in [5, 5.41) is 0. The predicted octanol–water partition coefficient (Wildman–Crippen LogP) is 3.92. The summed E-state index contributed by atoms with van der Waals surface area (Å²) in [6, 6.07) is 9.64. The van der Waals surface area contributed by atoms with E-state index >= 15 is 0 Å². The Hall–Kier alpha value is -2.71. The van der Waals surface area contributed by atoms with E-state index in [2.05, 4.69) is 0 Å². The van der Waals surface area contributed by atoms with Crippen LogP contribution in [0.1, 0.15) is 57.5 Å². The Balaban J connectivity index is 1.80. The molecule has 2 aromatic rings. The maximum Gasteiger partial charge on any atom is 0.338 e. The van der Waals surface area contributed by atoms with Gasteiger partial charge < -0.3 is 9.47 Å². The zero-order valence-corrected chi connectivity index (χ0v) is 19.5. The molecule has 1 heterocycles. The van der Waals surface area contributed by atoms with Gasteiger partial charge in [-0.2, -0.15) is 4.31 Å². The molecule has 172 valence electrons. The molecular formula is C24H29NO6S. The van der Waals surface area contributed by atoms with Gasteiger partial charge in [-0.15, -0.1) is 0 Å². The zero-order chi connectivity index (χ0) is 23.3. The quantitative estimate of drug-likeness (QED) is 0.461. The van der Waals surface area contributed by atoms with Crippen LogP contribution in [0.5, 0.6) is 5.75 Å². The van der Waals surface area contributed by atoms with Gasteiger partial charge in [-0.3, -0.25) is 4.79 Å². The van der Waals surface area contributed by atoms with Gasteiger partial charge in [0.2, 0.25) is 15.8 Å². The number of carbonyl (C=O) groups is 2. The molecule has 0 unspecified atom stereocenters. The molecule has 1 saturated heterocycles. The highest BCUT2D eigenvalue weighted by atomic mass is 32.2. The van der Waals surface area contributed by atoms with Gasteiger partial charge in [0.05, 0.1) is 12.7 Å². The number of benzene rings is 2. The lowest BCUT2D eigenvalue weighted by molar-refractivity contribution is 0.0474. The third-order valence-electron chi connectivity index (χ3n) is 5.61. The molecule has 0 aliphatic carbocycles.